The molecule has 2 aromatic carbocycles. The van der Waals surface area contributed by atoms with Crippen LogP contribution in [-0.2, 0) is 19.6 Å². The Morgan fingerprint density at radius 1 is 1.00 bits per heavy atom. The summed E-state index contributed by atoms with van der Waals surface area (Å²) in [6.45, 7) is 6.30. The van der Waals surface area contributed by atoms with E-state index in [1.807, 2.05) is 39.0 Å². The summed E-state index contributed by atoms with van der Waals surface area (Å²) in [4.78, 5) is 24.6. The van der Waals surface area contributed by atoms with Crippen molar-refractivity contribution in [1.82, 2.24) is 9.62 Å². The Labute approximate surface area is 190 Å². The molecular formula is C24H31N3O4S. The second kappa shape index (κ2) is 10.3. The number of benzene rings is 2. The number of hydrogen-bond acceptors (Lipinski definition) is 4. The molecule has 1 atom stereocenters. The Morgan fingerprint density at radius 3 is 2.31 bits per heavy atom. The number of nitrogens with one attached hydrogen (secondary N) is 2. The molecule has 1 saturated heterocycles. The van der Waals surface area contributed by atoms with Gasteiger partial charge >= 0.3 is 11.8 Å². The summed E-state index contributed by atoms with van der Waals surface area (Å²) < 4.78 is 28.6. The van der Waals surface area contributed by atoms with E-state index in [-0.39, 0.29) is 12.6 Å². The maximum absolute atomic E-state index is 13.5. The molecule has 0 unspecified atom stereocenters. The van der Waals surface area contributed by atoms with E-state index < -0.39 is 21.8 Å². The van der Waals surface area contributed by atoms with Crippen LogP contribution in [0.3, 0.4) is 0 Å². The van der Waals surface area contributed by atoms with Crippen LogP contribution in [0.5, 0.6) is 0 Å². The van der Waals surface area contributed by atoms with Crippen molar-refractivity contribution in [3.05, 3.63) is 59.2 Å². The summed E-state index contributed by atoms with van der Waals surface area (Å²) in [5.41, 5.74) is 3.07. The fraction of sp³-hybridized carbons (Fsp3) is 0.417. The fourth-order valence-electron chi connectivity index (χ4n) is 4.41. The summed E-state index contributed by atoms with van der Waals surface area (Å²) >= 11 is 0. The van der Waals surface area contributed by atoms with Crippen LogP contribution >= 0.6 is 0 Å². The topological polar surface area (TPSA) is 95.6 Å². The van der Waals surface area contributed by atoms with Crippen molar-refractivity contribution in [2.45, 2.75) is 57.4 Å². The molecule has 0 aromatic heterocycles. The third kappa shape index (κ3) is 5.55. The number of amides is 2. The van der Waals surface area contributed by atoms with Crippen LogP contribution < -0.4 is 10.6 Å². The lowest BCUT2D eigenvalue weighted by molar-refractivity contribution is -0.136. The number of carbonyl (C=O) groups excluding carboxylic acids is 2. The van der Waals surface area contributed by atoms with Gasteiger partial charge in [-0.05, 0) is 63.3 Å². The molecule has 0 saturated carbocycles. The Morgan fingerprint density at radius 2 is 1.66 bits per heavy atom. The third-order valence-electron chi connectivity index (χ3n) is 5.75. The molecule has 1 fully saturated rings. The number of hydrogen-bond donors (Lipinski definition) is 2. The standard InChI is InChI=1S/C24H31N3O4S/c1-17-15-18(2)22(19(3)16-17)32(30,31)27-14-8-7-11-21(27)12-13-25-23(28)24(29)26-20-9-5-4-6-10-20/h4-6,9-10,15-16,21H,7-8,11-14H2,1-3H3,(H,25,28)(H,26,29)/t21-/m1/s1. The van der Waals surface area contributed by atoms with Gasteiger partial charge in [0.2, 0.25) is 10.0 Å². The van der Waals surface area contributed by atoms with Crippen LogP contribution in [0.1, 0.15) is 42.4 Å². The molecule has 0 radical (unpaired) electrons. The van der Waals surface area contributed by atoms with Crippen molar-refractivity contribution in [2.75, 3.05) is 18.4 Å². The van der Waals surface area contributed by atoms with Crippen molar-refractivity contribution < 1.29 is 18.0 Å². The van der Waals surface area contributed by atoms with Crippen molar-refractivity contribution in [3.8, 4) is 0 Å². The Kier molecular flexibility index (Phi) is 7.69. The van der Waals surface area contributed by atoms with Gasteiger partial charge in [-0.1, -0.05) is 42.3 Å². The van der Waals surface area contributed by atoms with Crippen molar-refractivity contribution in [2.24, 2.45) is 0 Å². The summed E-state index contributed by atoms with van der Waals surface area (Å²) in [7, 11) is -3.66. The second-order valence-corrected chi connectivity index (χ2v) is 10.2. The van der Waals surface area contributed by atoms with E-state index >= 15 is 0 Å². The molecule has 2 amide bonds. The summed E-state index contributed by atoms with van der Waals surface area (Å²) in [5, 5.41) is 5.16. The minimum atomic E-state index is -3.66. The highest BCUT2D eigenvalue weighted by molar-refractivity contribution is 7.89. The maximum atomic E-state index is 13.5. The van der Waals surface area contributed by atoms with Crippen LogP contribution in [-0.4, -0.2) is 43.7 Å². The number of anilines is 1. The molecular weight excluding hydrogens is 426 g/mol. The van der Waals surface area contributed by atoms with Gasteiger partial charge in [-0.2, -0.15) is 4.31 Å². The van der Waals surface area contributed by atoms with Crippen LogP contribution in [0.2, 0.25) is 0 Å². The Bertz CT molecular complexity index is 1060. The number of sulfonamides is 1. The van der Waals surface area contributed by atoms with Gasteiger partial charge in [0.15, 0.2) is 0 Å². The normalized spacial score (nSPS) is 17.0. The number of piperidine rings is 1. The molecule has 2 N–H and O–H groups in total. The minimum Gasteiger partial charge on any atom is -0.348 e. The maximum Gasteiger partial charge on any atom is 0.313 e. The number of para-hydroxylation sites is 1. The largest absolute Gasteiger partial charge is 0.348 e. The molecule has 1 heterocycles. The van der Waals surface area contributed by atoms with Gasteiger partial charge in [0, 0.05) is 24.8 Å². The van der Waals surface area contributed by atoms with Crippen LogP contribution in [0.15, 0.2) is 47.4 Å². The third-order valence-corrected chi connectivity index (χ3v) is 8.00. The summed E-state index contributed by atoms with van der Waals surface area (Å²) in [5.74, 6) is -1.47. The first-order chi connectivity index (χ1) is 15.2. The molecule has 0 spiro atoms. The highest BCUT2D eigenvalue weighted by Crippen LogP contribution is 2.31. The van der Waals surface area contributed by atoms with E-state index in [9.17, 15) is 18.0 Å². The van der Waals surface area contributed by atoms with Crippen molar-refractivity contribution in [1.29, 1.82) is 0 Å². The lowest BCUT2D eigenvalue weighted by Crippen LogP contribution is -2.46. The number of carbonyl (C=O) groups is 2. The summed E-state index contributed by atoms with van der Waals surface area (Å²) in [6.07, 6.45) is 2.93. The summed E-state index contributed by atoms with van der Waals surface area (Å²) in [6, 6.07) is 12.3. The first-order valence-corrected chi connectivity index (χ1v) is 12.4. The van der Waals surface area contributed by atoms with Crippen molar-refractivity contribution >= 4 is 27.5 Å². The molecule has 172 valence electrons. The van der Waals surface area contributed by atoms with E-state index in [2.05, 4.69) is 10.6 Å². The Balaban J connectivity index is 1.64. The minimum absolute atomic E-state index is 0.216. The smallest absolute Gasteiger partial charge is 0.313 e. The van der Waals surface area contributed by atoms with Gasteiger partial charge in [0.25, 0.3) is 0 Å². The molecule has 7 nitrogen and oxygen atoms in total. The van der Waals surface area contributed by atoms with E-state index in [4.69, 9.17) is 0 Å². The lowest BCUT2D eigenvalue weighted by atomic mass is 10.0. The van der Waals surface area contributed by atoms with Crippen molar-refractivity contribution in [3.63, 3.8) is 0 Å². The zero-order chi connectivity index (χ0) is 23.3. The monoisotopic (exact) mass is 457 g/mol. The van der Waals surface area contributed by atoms with Gasteiger partial charge in [-0.15, -0.1) is 0 Å². The first kappa shape index (κ1) is 23.9. The quantitative estimate of drug-likeness (QED) is 0.651. The van der Waals surface area contributed by atoms with Gasteiger partial charge in [0.05, 0.1) is 4.90 Å². The second-order valence-electron chi connectivity index (χ2n) is 8.36. The van der Waals surface area contributed by atoms with Crippen LogP contribution in [0, 0.1) is 20.8 Å². The van der Waals surface area contributed by atoms with Gasteiger partial charge in [-0.3, -0.25) is 9.59 Å². The highest BCUT2D eigenvalue weighted by atomic mass is 32.2. The van der Waals surface area contributed by atoms with E-state index in [1.54, 1.807) is 28.6 Å². The molecule has 1 aliphatic rings. The number of aryl methyl sites for hydroxylation is 3. The predicted molar refractivity (Wildman–Crippen MR) is 125 cm³/mol. The molecule has 8 heteroatoms. The predicted octanol–water partition coefficient (Wildman–Crippen LogP) is 3.30. The number of rotatable bonds is 6. The SMILES string of the molecule is Cc1cc(C)c(S(=O)(=O)N2CCCC[C@@H]2CCNC(=O)C(=O)Nc2ccccc2)c(C)c1. The van der Waals surface area contributed by atoms with Gasteiger partial charge in [-0.25, -0.2) is 8.42 Å². The molecule has 2 aromatic rings. The molecule has 0 aliphatic carbocycles. The van der Waals surface area contributed by atoms with E-state index in [1.165, 1.54) is 0 Å². The average molecular weight is 458 g/mol. The zero-order valence-corrected chi connectivity index (χ0v) is 19.7. The molecule has 1 aliphatic heterocycles. The van der Waals surface area contributed by atoms with Gasteiger partial charge in [0.1, 0.15) is 0 Å². The first-order valence-electron chi connectivity index (χ1n) is 10.9. The van der Waals surface area contributed by atoms with Gasteiger partial charge < -0.3 is 10.6 Å². The number of nitrogens with zero attached hydrogens (tertiary/aromatic N) is 1. The highest BCUT2D eigenvalue weighted by Gasteiger charge is 2.35. The van der Waals surface area contributed by atoms with Crippen LogP contribution in [0.25, 0.3) is 0 Å². The Hall–Kier alpha value is -2.71. The lowest BCUT2D eigenvalue weighted by Gasteiger charge is -2.35. The average Bonchev–Trinajstić information content (AvgIpc) is 2.73. The van der Waals surface area contributed by atoms with E-state index in [0.717, 1.165) is 36.0 Å². The molecule has 0 bridgehead atoms. The van der Waals surface area contributed by atoms with E-state index in [0.29, 0.717) is 23.5 Å². The molecule has 32 heavy (non-hydrogen) atoms. The van der Waals surface area contributed by atoms with Crippen LogP contribution in [0.4, 0.5) is 5.69 Å². The fourth-order valence-corrected chi connectivity index (χ4v) is 6.55. The molecule has 3 rings (SSSR count). The zero-order valence-electron chi connectivity index (χ0n) is 18.8.